The molecule has 3 aromatic rings. The van der Waals surface area contributed by atoms with E-state index < -0.39 is 0 Å². The molecular weight excluding hydrogens is 408 g/mol. The zero-order valence-electron chi connectivity index (χ0n) is 16.3. The van der Waals surface area contributed by atoms with Crippen molar-refractivity contribution in [1.29, 1.82) is 0 Å². The van der Waals surface area contributed by atoms with Crippen LogP contribution in [0.25, 0.3) is 10.6 Å². The lowest BCUT2D eigenvalue weighted by molar-refractivity contribution is -0.113. The Labute approximate surface area is 177 Å². The largest absolute Gasteiger partial charge is 0.490 e. The molecule has 0 unspecified atom stereocenters. The number of aromatic nitrogens is 5. The standard InChI is InChI=1S/C19H22N6O2S2/c1-3-15-21-24-19(25(15)4-2)28-11-16(26)20-18-23-22-17(29-18)12-5-7-13(8-6-12)27-14-9-10-14/h5-8,14H,3-4,9-11H2,1-2H3,(H,20,23,26). The van der Waals surface area contributed by atoms with E-state index >= 15 is 0 Å². The summed E-state index contributed by atoms with van der Waals surface area (Å²) in [6, 6.07) is 7.81. The van der Waals surface area contributed by atoms with Crippen molar-refractivity contribution in [1.82, 2.24) is 25.0 Å². The van der Waals surface area contributed by atoms with Gasteiger partial charge in [0.2, 0.25) is 11.0 Å². The second-order valence-corrected chi connectivity index (χ2v) is 8.51. The van der Waals surface area contributed by atoms with Gasteiger partial charge in [-0.05, 0) is 44.0 Å². The Balaban J connectivity index is 1.32. The highest BCUT2D eigenvalue weighted by atomic mass is 32.2. The maximum Gasteiger partial charge on any atom is 0.236 e. The van der Waals surface area contributed by atoms with Crippen molar-refractivity contribution in [2.75, 3.05) is 11.1 Å². The Bertz CT molecular complexity index is 981. The lowest BCUT2D eigenvalue weighted by Crippen LogP contribution is -2.14. The van der Waals surface area contributed by atoms with Gasteiger partial charge in [-0.15, -0.1) is 20.4 Å². The predicted molar refractivity (Wildman–Crippen MR) is 113 cm³/mol. The molecule has 1 N–H and O–H groups in total. The van der Waals surface area contributed by atoms with E-state index in [2.05, 4.69) is 25.7 Å². The van der Waals surface area contributed by atoms with Crippen LogP contribution in [-0.4, -0.2) is 42.7 Å². The molecule has 1 amide bonds. The molecule has 1 aliphatic rings. The van der Waals surface area contributed by atoms with Crippen LogP contribution in [0.15, 0.2) is 29.4 Å². The van der Waals surface area contributed by atoms with E-state index in [9.17, 15) is 4.79 Å². The lowest BCUT2D eigenvalue weighted by Gasteiger charge is -2.05. The van der Waals surface area contributed by atoms with Crippen LogP contribution in [0.4, 0.5) is 5.13 Å². The zero-order valence-corrected chi connectivity index (χ0v) is 17.9. The third kappa shape index (κ3) is 4.94. The molecule has 1 fully saturated rings. The summed E-state index contributed by atoms with van der Waals surface area (Å²) in [4.78, 5) is 12.3. The fraction of sp³-hybridized carbons (Fsp3) is 0.421. The number of rotatable bonds is 9. The van der Waals surface area contributed by atoms with Crippen molar-refractivity contribution in [3.05, 3.63) is 30.1 Å². The van der Waals surface area contributed by atoms with Crippen LogP contribution < -0.4 is 10.1 Å². The molecule has 1 aliphatic carbocycles. The fourth-order valence-corrected chi connectivity index (χ4v) is 4.32. The molecule has 2 heterocycles. The van der Waals surface area contributed by atoms with E-state index in [1.807, 2.05) is 42.7 Å². The number of nitrogens with zero attached hydrogens (tertiary/aromatic N) is 5. The monoisotopic (exact) mass is 430 g/mol. The first-order valence-electron chi connectivity index (χ1n) is 9.61. The first-order valence-corrected chi connectivity index (χ1v) is 11.4. The van der Waals surface area contributed by atoms with Gasteiger partial charge in [0.05, 0.1) is 11.9 Å². The van der Waals surface area contributed by atoms with Crippen molar-refractivity contribution < 1.29 is 9.53 Å². The Hall–Kier alpha value is -2.46. The second-order valence-electron chi connectivity index (χ2n) is 6.59. The molecule has 0 bridgehead atoms. The fourth-order valence-electron chi connectivity index (χ4n) is 2.74. The van der Waals surface area contributed by atoms with Crippen LogP contribution in [0.1, 0.15) is 32.5 Å². The molecule has 0 radical (unpaired) electrons. The summed E-state index contributed by atoms with van der Waals surface area (Å²) >= 11 is 2.72. The van der Waals surface area contributed by atoms with Gasteiger partial charge < -0.3 is 9.30 Å². The van der Waals surface area contributed by atoms with Crippen molar-refractivity contribution in [3.8, 4) is 16.3 Å². The molecule has 1 saturated carbocycles. The first kappa shape index (κ1) is 19.8. The van der Waals surface area contributed by atoms with Gasteiger partial charge in [-0.1, -0.05) is 30.0 Å². The molecule has 0 atom stereocenters. The van der Waals surface area contributed by atoms with Crippen LogP contribution in [0.2, 0.25) is 0 Å². The SMILES string of the molecule is CCc1nnc(SCC(=O)Nc2nnc(-c3ccc(OC4CC4)cc3)s2)n1CC. The maximum absolute atomic E-state index is 12.3. The highest BCUT2D eigenvalue weighted by Crippen LogP contribution is 2.30. The van der Waals surface area contributed by atoms with E-state index in [4.69, 9.17) is 4.74 Å². The average Bonchev–Trinajstić information content (AvgIpc) is 3.27. The highest BCUT2D eigenvalue weighted by Gasteiger charge is 2.23. The molecule has 10 heteroatoms. The molecule has 2 aromatic heterocycles. The summed E-state index contributed by atoms with van der Waals surface area (Å²) in [6.45, 7) is 4.86. The molecule has 152 valence electrons. The maximum atomic E-state index is 12.3. The number of ether oxygens (including phenoxy) is 1. The molecule has 29 heavy (non-hydrogen) atoms. The van der Waals surface area contributed by atoms with E-state index in [-0.39, 0.29) is 11.7 Å². The number of aryl methyl sites for hydroxylation is 1. The molecule has 0 aliphatic heterocycles. The zero-order chi connectivity index (χ0) is 20.2. The molecule has 4 rings (SSSR count). The number of anilines is 1. The van der Waals surface area contributed by atoms with Crippen LogP contribution in [-0.2, 0) is 17.8 Å². The quantitative estimate of drug-likeness (QED) is 0.518. The Morgan fingerprint density at radius 1 is 1.21 bits per heavy atom. The van der Waals surface area contributed by atoms with Crippen molar-refractivity contribution in [2.45, 2.75) is 50.9 Å². The van der Waals surface area contributed by atoms with Crippen molar-refractivity contribution in [3.63, 3.8) is 0 Å². The molecular formula is C19H22N6O2S2. The van der Waals surface area contributed by atoms with Crippen LogP contribution in [0, 0.1) is 0 Å². The van der Waals surface area contributed by atoms with Gasteiger partial charge in [0, 0.05) is 18.5 Å². The van der Waals surface area contributed by atoms with E-state index in [0.29, 0.717) is 11.2 Å². The third-order valence-electron chi connectivity index (χ3n) is 4.36. The summed E-state index contributed by atoms with van der Waals surface area (Å²) in [5, 5.41) is 21.4. The number of benzene rings is 1. The van der Waals surface area contributed by atoms with E-state index in [1.165, 1.54) is 23.1 Å². The number of carbonyl (C=O) groups excluding carboxylic acids is 1. The van der Waals surface area contributed by atoms with Gasteiger partial charge in [0.25, 0.3) is 0 Å². The minimum absolute atomic E-state index is 0.144. The number of amides is 1. The summed E-state index contributed by atoms with van der Waals surface area (Å²) in [6.07, 6.45) is 3.46. The lowest BCUT2D eigenvalue weighted by atomic mass is 10.2. The number of hydrogen-bond donors (Lipinski definition) is 1. The molecule has 0 saturated heterocycles. The number of carbonyl (C=O) groups is 1. The minimum Gasteiger partial charge on any atom is -0.490 e. The van der Waals surface area contributed by atoms with Gasteiger partial charge in [-0.3, -0.25) is 10.1 Å². The summed E-state index contributed by atoms with van der Waals surface area (Å²) in [7, 11) is 0. The van der Waals surface area contributed by atoms with Gasteiger partial charge in [0.1, 0.15) is 16.6 Å². The Morgan fingerprint density at radius 2 is 2.00 bits per heavy atom. The van der Waals surface area contributed by atoms with Crippen LogP contribution in [0.5, 0.6) is 5.75 Å². The predicted octanol–water partition coefficient (Wildman–Crippen LogP) is 3.65. The number of thioether (sulfide) groups is 1. The minimum atomic E-state index is -0.144. The van der Waals surface area contributed by atoms with Gasteiger partial charge >= 0.3 is 0 Å². The smallest absolute Gasteiger partial charge is 0.236 e. The normalized spacial score (nSPS) is 13.4. The van der Waals surface area contributed by atoms with E-state index in [1.54, 1.807) is 0 Å². The molecule has 1 aromatic carbocycles. The number of hydrogen-bond acceptors (Lipinski definition) is 8. The summed E-state index contributed by atoms with van der Waals surface area (Å²) < 4.78 is 7.78. The van der Waals surface area contributed by atoms with Crippen molar-refractivity contribution in [2.24, 2.45) is 0 Å². The highest BCUT2D eigenvalue weighted by molar-refractivity contribution is 7.99. The van der Waals surface area contributed by atoms with E-state index in [0.717, 1.165) is 53.1 Å². The average molecular weight is 431 g/mol. The molecule has 0 spiro atoms. The summed E-state index contributed by atoms with van der Waals surface area (Å²) in [5.41, 5.74) is 0.948. The van der Waals surface area contributed by atoms with Crippen LogP contribution >= 0.6 is 23.1 Å². The Morgan fingerprint density at radius 3 is 2.69 bits per heavy atom. The van der Waals surface area contributed by atoms with Crippen molar-refractivity contribution >= 4 is 34.1 Å². The van der Waals surface area contributed by atoms with Gasteiger partial charge in [0.15, 0.2) is 5.16 Å². The van der Waals surface area contributed by atoms with Gasteiger partial charge in [-0.25, -0.2) is 0 Å². The summed E-state index contributed by atoms with van der Waals surface area (Å²) in [5.74, 6) is 1.90. The van der Waals surface area contributed by atoms with Crippen LogP contribution in [0.3, 0.4) is 0 Å². The van der Waals surface area contributed by atoms with Gasteiger partial charge in [-0.2, -0.15) is 0 Å². The molecule has 8 nitrogen and oxygen atoms in total. The number of nitrogens with one attached hydrogen (secondary N) is 1. The third-order valence-corrected chi connectivity index (χ3v) is 6.21. The Kier molecular flexibility index (Phi) is 6.10. The second kappa shape index (κ2) is 8.91. The topological polar surface area (TPSA) is 94.8 Å². The first-order chi connectivity index (χ1) is 14.2.